The van der Waals surface area contributed by atoms with Gasteiger partial charge in [0.05, 0.1) is 17.3 Å². The van der Waals surface area contributed by atoms with Crippen LogP contribution in [0.25, 0.3) is 11.3 Å². The van der Waals surface area contributed by atoms with Crippen LogP contribution in [0.3, 0.4) is 0 Å². The van der Waals surface area contributed by atoms with Crippen molar-refractivity contribution in [2.45, 2.75) is 0 Å². The maximum atomic E-state index is 10.1. The fourth-order valence-electron chi connectivity index (χ4n) is 2.90. The summed E-state index contributed by atoms with van der Waals surface area (Å²) in [7, 11) is 1.71. The van der Waals surface area contributed by atoms with Crippen LogP contribution in [-0.4, -0.2) is 71.8 Å². The Morgan fingerprint density at radius 2 is 1.96 bits per heavy atom. The third-order valence-corrected chi connectivity index (χ3v) is 4.57. The Balaban J connectivity index is 1.78. The van der Waals surface area contributed by atoms with E-state index in [4.69, 9.17) is 16.3 Å². The Labute approximate surface area is 145 Å². The molecular weight excluding hydrogens is 332 g/mol. The van der Waals surface area contributed by atoms with Crippen LogP contribution >= 0.6 is 11.6 Å². The second-order valence-corrected chi connectivity index (χ2v) is 6.17. The number of halogens is 1. The van der Waals surface area contributed by atoms with Crippen LogP contribution < -0.4 is 4.90 Å². The average Bonchev–Trinajstić information content (AvgIpc) is 3.06. The highest BCUT2D eigenvalue weighted by Gasteiger charge is 2.23. The summed E-state index contributed by atoms with van der Waals surface area (Å²) in [5, 5.41) is 27.0. The number of nitrogens with one attached hydrogen (secondary N) is 1. The lowest BCUT2D eigenvalue weighted by molar-refractivity contribution is 0.144. The maximum absolute atomic E-state index is 10.1. The van der Waals surface area contributed by atoms with E-state index in [-0.39, 0.29) is 16.5 Å². The highest BCUT2D eigenvalue weighted by Crippen LogP contribution is 2.40. The van der Waals surface area contributed by atoms with Gasteiger partial charge in [0.15, 0.2) is 0 Å². The van der Waals surface area contributed by atoms with Crippen molar-refractivity contribution in [3.8, 4) is 22.8 Å². The number of methoxy groups -OCH3 is 1. The van der Waals surface area contributed by atoms with E-state index in [1.807, 2.05) is 6.20 Å². The van der Waals surface area contributed by atoms with E-state index < -0.39 is 0 Å². The summed E-state index contributed by atoms with van der Waals surface area (Å²) in [4.78, 5) is 4.58. The number of ether oxygens (including phenoxy) is 1. The SMILES string of the molecule is COCCN1CCN(c2c[nH]nc2-c2cc(Cl)c(O)cc2O)CC1. The normalized spacial score (nSPS) is 15.8. The highest BCUT2D eigenvalue weighted by atomic mass is 35.5. The summed E-state index contributed by atoms with van der Waals surface area (Å²) < 4.78 is 5.12. The smallest absolute Gasteiger partial charge is 0.137 e. The number of phenolic OH excluding ortho intramolecular Hbond substituents is 2. The molecule has 8 heteroatoms. The number of aromatic nitrogens is 2. The molecule has 0 spiro atoms. The van der Waals surface area contributed by atoms with Gasteiger partial charge >= 0.3 is 0 Å². The topological polar surface area (TPSA) is 84.9 Å². The van der Waals surface area contributed by atoms with E-state index in [1.54, 1.807) is 7.11 Å². The van der Waals surface area contributed by atoms with E-state index in [9.17, 15) is 10.2 Å². The summed E-state index contributed by atoms with van der Waals surface area (Å²) in [6, 6.07) is 2.76. The minimum absolute atomic E-state index is 0.0519. The molecule has 3 rings (SSSR count). The number of benzene rings is 1. The number of H-pyrrole nitrogens is 1. The van der Waals surface area contributed by atoms with Gasteiger partial charge in [-0.05, 0) is 6.07 Å². The van der Waals surface area contributed by atoms with Crippen molar-refractivity contribution in [2.75, 3.05) is 51.3 Å². The molecular formula is C16H21ClN4O3. The van der Waals surface area contributed by atoms with Crippen LogP contribution in [0.15, 0.2) is 18.3 Å². The molecule has 1 aliphatic rings. The molecule has 7 nitrogen and oxygen atoms in total. The van der Waals surface area contributed by atoms with Crippen molar-refractivity contribution in [3.63, 3.8) is 0 Å². The number of piperazine rings is 1. The lowest BCUT2D eigenvalue weighted by atomic mass is 10.1. The number of rotatable bonds is 5. The van der Waals surface area contributed by atoms with Crippen LogP contribution in [0, 0.1) is 0 Å². The van der Waals surface area contributed by atoms with Gasteiger partial charge in [-0.3, -0.25) is 10.00 Å². The number of aromatic hydroxyl groups is 2. The predicted molar refractivity (Wildman–Crippen MR) is 92.9 cm³/mol. The summed E-state index contributed by atoms with van der Waals surface area (Å²) >= 11 is 5.98. The second kappa shape index (κ2) is 7.29. The largest absolute Gasteiger partial charge is 0.507 e. The molecule has 1 saturated heterocycles. The van der Waals surface area contributed by atoms with Crippen molar-refractivity contribution < 1.29 is 14.9 Å². The molecule has 24 heavy (non-hydrogen) atoms. The molecule has 0 aliphatic carbocycles. The Hall–Kier alpha value is -1.96. The molecule has 2 aromatic rings. The Morgan fingerprint density at radius 3 is 2.67 bits per heavy atom. The fourth-order valence-corrected chi connectivity index (χ4v) is 3.06. The molecule has 130 valence electrons. The standard InChI is InChI=1S/C16H21ClN4O3/c1-24-7-6-20-2-4-21(5-3-20)13-10-18-19-16(13)11-8-12(17)15(23)9-14(11)22/h8-10,22-23H,2-7H2,1H3,(H,18,19). The monoisotopic (exact) mass is 352 g/mol. The zero-order valence-electron chi connectivity index (χ0n) is 13.5. The fraction of sp³-hybridized carbons (Fsp3) is 0.438. The van der Waals surface area contributed by atoms with Crippen molar-refractivity contribution in [2.24, 2.45) is 0 Å². The van der Waals surface area contributed by atoms with Gasteiger partial charge in [-0.25, -0.2) is 0 Å². The molecule has 0 radical (unpaired) electrons. The molecule has 0 bridgehead atoms. The first kappa shape index (κ1) is 16.9. The van der Waals surface area contributed by atoms with Crippen LogP contribution in [0.1, 0.15) is 0 Å². The van der Waals surface area contributed by atoms with Crippen LogP contribution in [0.2, 0.25) is 5.02 Å². The van der Waals surface area contributed by atoms with E-state index in [2.05, 4.69) is 20.0 Å². The summed E-state index contributed by atoms with van der Waals surface area (Å²) in [5.74, 6) is -0.203. The Bertz CT molecular complexity index is 699. The molecule has 0 unspecified atom stereocenters. The van der Waals surface area contributed by atoms with E-state index in [1.165, 1.54) is 12.1 Å². The van der Waals surface area contributed by atoms with Crippen LogP contribution in [-0.2, 0) is 4.74 Å². The average molecular weight is 353 g/mol. The Kier molecular flexibility index (Phi) is 5.13. The number of phenols is 2. The number of nitrogens with zero attached hydrogens (tertiary/aromatic N) is 3. The quantitative estimate of drug-likeness (QED) is 0.762. The van der Waals surface area contributed by atoms with Gasteiger partial charge < -0.3 is 19.8 Å². The van der Waals surface area contributed by atoms with Crippen LogP contribution in [0.5, 0.6) is 11.5 Å². The molecule has 2 heterocycles. The number of hydrogen-bond donors (Lipinski definition) is 3. The molecule has 0 saturated carbocycles. The first-order chi connectivity index (χ1) is 11.6. The van der Waals surface area contributed by atoms with Gasteiger partial charge in [0, 0.05) is 57.7 Å². The van der Waals surface area contributed by atoms with Crippen molar-refractivity contribution >= 4 is 17.3 Å². The Morgan fingerprint density at radius 1 is 1.21 bits per heavy atom. The third kappa shape index (κ3) is 3.43. The lowest BCUT2D eigenvalue weighted by Gasteiger charge is -2.35. The minimum atomic E-state index is -0.151. The molecule has 0 amide bonds. The van der Waals surface area contributed by atoms with Gasteiger partial charge in [-0.1, -0.05) is 11.6 Å². The second-order valence-electron chi connectivity index (χ2n) is 5.76. The van der Waals surface area contributed by atoms with Gasteiger partial charge in [0.1, 0.15) is 17.2 Å². The molecule has 0 atom stereocenters. The zero-order valence-corrected chi connectivity index (χ0v) is 14.3. The third-order valence-electron chi connectivity index (χ3n) is 4.27. The zero-order chi connectivity index (χ0) is 17.1. The molecule has 3 N–H and O–H groups in total. The molecule has 1 aromatic carbocycles. The van der Waals surface area contributed by atoms with Gasteiger partial charge in [0.25, 0.3) is 0 Å². The summed E-state index contributed by atoms with van der Waals surface area (Å²) in [5.41, 5.74) is 2.04. The van der Waals surface area contributed by atoms with E-state index >= 15 is 0 Å². The predicted octanol–water partition coefficient (Wildman–Crippen LogP) is 1.91. The van der Waals surface area contributed by atoms with E-state index in [0.29, 0.717) is 11.3 Å². The van der Waals surface area contributed by atoms with Gasteiger partial charge in [-0.2, -0.15) is 5.10 Å². The van der Waals surface area contributed by atoms with Crippen LogP contribution in [0.4, 0.5) is 5.69 Å². The molecule has 1 aromatic heterocycles. The van der Waals surface area contributed by atoms with Crippen molar-refractivity contribution in [3.05, 3.63) is 23.4 Å². The number of anilines is 1. The van der Waals surface area contributed by atoms with Crippen molar-refractivity contribution in [1.29, 1.82) is 0 Å². The minimum Gasteiger partial charge on any atom is -0.507 e. The first-order valence-electron chi connectivity index (χ1n) is 7.82. The number of hydrogen-bond acceptors (Lipinski definition) is 6. The molecule has 1 aliphatic heterocycles. The maximum Gasteiger partial charge on any atom is 0.137 e. The highest BCUT2D eigenvalue weighted by molar-refractivity contribution is 6.32. The summed E-state index contributed by atoms with van der Waals surface area (Å²) in [6.07, 6.45) is 1.82. The van der Waals surface area contributed by atoms with Crippen molar-refractivity contribution in [1.82, 2.24) is 15.1 Å². The van der Waals surface area contributed by atoms with Gasteiger partial charge in [0.2, 0.25) is 0 Å². The van der Waals surface area contributed by atoms with E-state index in [0.717, 1.165) is 45.0 Å². The summed E-state index contributed by atoms with van der Waals surface area (Å²) in [6.45, 7) is 5.27. The molecule has 1 fully saturated rings. The van der Waals surface area contributed by atoms with Gasteiger partial charge in [-0.15, -0.1) is 0 Å². The number of aromatic amines is 1. The lowest BCUT2D eigenvalue weighted by Crippen LogP contribution is -2.47. The first-order valence-corrected chi connectivity index (χ1v) is 8.20.